The Bertz CT molecular complexity index is 402. The minimum Gasteiger partial charge on any atom is -0.329 e. The second-order valence-corrected chi connectivity index (χ2v) is 4.51. The molecule has 4 heteroatoms. The monoisotopic (exact) mass is 224 g/mol. The van der Waals surface area contributed by atoms with E-state index in [9.17, 15) is 9.18 Å². The maximum atomic E-state index is 13.2. The summed E-state index contributed by atoms with van der Waals surface area (Å²) in [7, 11) is 0. The minimum atomic E-state index is -0.651. The number of nitrogens with one attached hydrogen (secondary N) is 1. The van der Waals surface area contributed by atoms with Gasteiger partial charge in [0.2, 0.25) is 5.91 Å². The van der Waals surface area contributed by atoms with Crippen LogP contribution in [0.4, 0.5) is 10.1 Å². The van der Waals surface area contributed by atoms with Crippen LogP contribution >= 0.6 is 0 Å². The second kappa shape index (κ2) is 4.61. The van der Waals surface area contributed by atoms with Gasteiger partial charge in [-0.25, -0.2) is 4.39 Å². The summed E-state index contributed by atoms with van der Waals surface area (Å²) in [5.74, 6) is -0.540. The van der Waals surface area contributed by atoms with Crippen LogP contribution in [0.1, 0.15) is 19.4 Å². The summed E-state index contributed by atoms with van der Waals surface area (Å²) < 4.78 is 13.2. The third-order valence-electron chi connectivity index (χ3n) is 2.55. The van der Waals surface area contributed by atoms with E-state index in [0.29, 0.717) is 11.3 Å². The van der Waals surface area contributed by atoms with Gasteiger partial charge in [-0.3, -0.25) is 4.79 Å². The van der Waals surface area contributed by atoms with Crippen LogP contribution in [-0.2, 0) is 4.79 Å². The Hall–Kier alpha value is -1.42. The molecule has 3 nitrogen and oxygen atoms in total. The molecule has 0 heterocycles. The summed E-state index contributed by atoms with van der Waals surface area (Å²) >= 11 is 0. The van der Waals surface area contributed by atoms with E-state index in [-0.39, 0.29) is 18.3 Å². The molecule has 0 spiro atoms. The predicted octanol–water partition coefficient (Wildman–Crippen LogP) is 2.06. The smallest absolute Gasteiger partial charge is 0.231 e. The zero-order valence-corrected chi connectivity index (χ0v) is 9.80. The van der Waals surface area contributed by atoms with Gasteiger partial charge >= 0.3 is 0 Å². The molecular weight excluding hydrogens is 207 g/mol. The normalized spacial score (nSPS) is 11.3. The Balaban J connectivity index is 2.82. The lowest BCUT2D eigenvalue weighted by Crippen LogP contribution is -2.37. The van der Waals surface area contributed by atoms with Crippen LogP contribution in [0, 0.1) is 18.2 Å². The van der Waals surface area contributed by atoms with Gasteiger partial charge in [0.1, 0.15) is 5.82 Å². The molecule has 0 unspecified atom stereocenters. The minimum absolute atomic E-state index is 0.210. The first kappa shape index (κ1) is 12.6. The highest BCUT2D eigenvalue weighted by molar-refractivity contribution is 5.94. The molecule has 0 aliphatic heterocycles. The largest absolute Gasteiger partial charge is 0.329 e. The Kier molecular flexibility index (Phi) is 3.65. The molecule has 0 fully saturated rings. The lowest BCUT2D eigenvalue weighted by molar-refractivity contribution is -0.123. The third kappa shape index (κ3) is 2.79. The lowest BCUT2D eigenvalue weighted by Gasteiger charge is -2.21. The van der Waals surface area contributed by atoms with Gasteiger partial charge in [0, 0.05) is 12.2 Å². The molecule has 1 aromatic rings. The van der Waals surface area contributed by atoms with E-state index in [4.69, 9.17) is 5.73 Å². The van der Waals surface area contributed by atoms with Crippen LogP contribution in [0.3, 0.4) is 0 Å². The van der Waals surface area contributed by atoms with E-state index in [2.05, 4.69) is 5.32 Å². The Morgan fingerprint density at radius 1 is 1.50 bits per heavy atom. The number of amides is 1. The molecule has 1 aromatic carbocycles. The predicted molar refractivity (Wildman–Crippen MR) is 62.6 cm³/mol. The fourth-order valence-corrected chi connectivity index (χ4v) is 1.06. The van der Waals surface area contributed by atoms with E-state index in [1.807, 2.05) is 0 Å². The molecule has 1 amide bonds. The summed E-state index contributed by atoms with van der Waals surface area (Å²) in [4.78, 5) is 11.7. The number of hydrogen-bond acceptors (Lipinski definition) is 2. The quantitative estimate of drug-likeness (QED) is 0.825. The average Bonchev–Trinajstić information content (AvgIpc) is 2.23. The number of carbonyl (C=O) groups is 1. The Morgan fingerprint density at radius 3 is 2.62 bits per heavy atom. The highest BCUT2D eigenvalue weighted by atomic mass is 19.1. The van der Waals surface area contributed by atoms with Gasteiger partial charge in [-0.15, -0.1) is 0 Å². The molecule has 0 saturated heterocycles. The topological polar surface area (TPSA) is 55.1 Å². The van der Waals surface area contributed by atoms with Gasteiger partial charge in [0.05, 0.1) is 5.41 Å². The molecule has 88 valence electrons. The summed E-state index contributed by atoms with van der Waals surface area (Å²) in [6.07, 6.45) is 0. The molecule has 0 atom stereocenters. The van der Waals surface area contributed by atoms with Crippen molar-refractivity contribution in [2.75, 3.05) is 11.9 Å². The standard InChI is InChI=1S/C12H17FN2O/c1-8-4-5-9(6-10(8)13)15-11(16)12(2,3)7-14/h4-6H,7,14H2,1-3H3,(H,15,16). The van der Waals surface area contributed by atoms with E-state index in [1.54, 1.807) is 32.9 Å². The lowest BCUT2D eigenvalue weighted by atomic mass is 9.92. The number of aryl methyl sites for hydroxylation is 1. The number of hydrogen-bond donors (Lipinski definition) is 2. The van der Waals surface area contributed by atoms with Crippen molar-refractivity contribution in [1.82, 2.24) is 0 Å². The van der Waals surface area contributed by atoms with Crippen molar-refractivity contribution in [1.29, 1.82) is 0 Å². The van der Waals surface area contributed by atoms with Crippen LogP contribution in [-0.4, -0.2) is 12.5 Å². The van der Waals surface area contributed by atoms with Gasteiger partial charge < -0.3 is 11.1 Å². The van der Waals surface area contributed by atoms with Crippen molar-refractivity contribution in [2.24, 2.45) is 11.1 Å². The highest BCUT2D eigenvalue weighted by Crippen LogP contribution is 2.18. The zero-order chi connectivity index (χ0) is 12.3. The van der Waals surface area contributed by atoms with Crippen molar-refractivity contribution in [3.8, 4) is 0 Å². The van der Waals surface area contributed by atoms with Crippen molar-refractivity contribution in [3.63, 3.8) is 0 Å². The number of rotatable bonds is 3. The number of nitrogens with two attached hydrogens (primary N) is 1. The summed E-state index contributed by atoms with van der Waals surface area (Å²) in [6, 6.07) is 4.60. The van der Waals surface area contributed by atoms with Gasteiger partial charge in [-0.2, -0.15) is 0 Å². The van der Waals surface area contributed by atoms with Crippen molar-refractivity contribution < 1.29 is 9.18 Å². The molecule has 0 saturated carbocycles. The maximum absolute atomic E-state index is 13.2. The van der Waals surface area contributed by atoms with Gasteiger partial charge in [-0.1, -0.05) is 6.07 Å². The molecule has 1 rings (SSSR count). The van der Waals surface area contributed by atoms with Gasteiger partial charge in [0.15, 0.2) is 0 Å². The molecular formula is C12H17FN2O. The van der Waals surface area contributed by atoms with E-state index < -0.39 is 5.41 Å². The zero-order valence-electron chi connectivity index (χ0n) is 9.80. The third-order valence-corrected chi connectivity index (χ3v) is 2.55. The fraction of sp³-hybridized carbons (Fsp3) is 0.417. The fourth-order valence-electron chi connectivity index (χ4n) is 1.06. The van der Waals surface area contributed by atoms with Crippen LogP contribution in [0.2, 0.25) is 0 Å². The summed E-state index contributed by atoms with van der Waals surface area (Å²) in [5, 5.41) is 2.64. The molecule has 0 aliphatic carbocycles. The van der Waals surface area contributed by atoms with Crippen molar-refractivity contribution in [3.05, 3.63) is 29.6 Å². The number of halogens is 1. The van der Waals surface area contributed by atoms with Crippen LogP contribution in [0.5, 0.6) is 0 Å². The molecule has 0 bridgehead atoms. The van der Waals surface area contributed by atoms with Crippen molar-refractivity contribution >= 4 is 11.6 Å². The molecule has 0 aromatic heterocycles. The van der Waals surface area contributed by atoms with Gasteiger partial charge in [-0.05, 0) is 38.5 Å². The number of carbonyl (C=O) groups excluding carboxylic acids is 1. The molecule has 0 radical (unpaired) electrons. The average molecular weight is 224 g/mol. The molecule has 16 heavy (non-hydrogen) atoms. The van der Waals surface area contributed by atoms with Gasteiger partial charge in [0.25, 0.3) is 0 Å². The van der Waals surface area contributed by atoms with Crippen molar-refractivity contribution in [2.45, 2.75) is 20.8 Å². The second-order valence-electron chi connectivity index (χ2n) is 4.51. The van der Waals surface area contributed by atoms with E-state index >= 15 is 0 Å². The first-order chi connectivity index (χ1) is 7.36. The van der Waals surface area contributed by atoms with E-state index in [1.165, 1.54) is 6.07 Å². The first-order valence-electron chi connectivity index (χ1n) is 5.14. The number of benzene rings is 1. The summed E-state index contributed by atoms with van der Waals surface area (Å²) in [6.45, 7) is 5.40. The SMILES string of the molecule is Cc1ccc(NC(=O)C(C)(C)CN)cc1F. The first-order valence-corrected chi connectivity index (χ1v) is 5.14. The molecule has 0 aliphatic rings. The Labute approximate surface area is 94.8 Å². The molecule has 3 N–H and O–H groups in total. The highest BCUT2D eigenvalue weighted by Gasteiger charge is 2.25. The summed E-state index contributed by atoms with van der Waals surface area (Å²) in [5.41, 5.74) is 5.83. The van der Waals surface area contributed by atoms with Crippen LogP contribution in [0.15, 0.2) is 18.2 Å². The number of anilines is 1. The van der Waals surface area contributed by atoms with Crippen LogP contribution < -0.4 is 11.1 Å². The Morgan fingerprint density at radius 2 is 2.12 bits per heavy atom. The van der Waals surface area contributed by atoms with Crippen LogP contribution in [0.25, 0.3) is 0 Å². The van der Waals surface area contributed by atoms with E-state index in [0.717, 1.165) is 0 Å². The maximum Gasteiger partial charge on any atom is 0.231 e.